The van der Waals surface area contributed by atoms with Crippen LogP contribution in [0, 0.1) is 11.2 Å². The number of benzene rings is 1. The van der Waals surface area contributed by atoms with Crippen LogP contribution in [0.25, 0.3) is 0 Å². The summed E-state index contributed by atoms with van der Waals surface area (Å²) in [7, 11) is -3.72. The molecule has 0 radical (unpaired) electrons. The van der Waals surface area contributed by atoms with Crippen molar-refractivity contribution in [2.24, 2.45) is 5.73 Å². The normalized spacial score (nSPS) is 10.0. The van der Waals surface area contributed by atoms with Crippen LogP contribution in [0.5, 0.6) is 0 Å². The average Bonchev–Trinajstić information content (AvgIpc) is 2.16. The summed E-state index contributed by atoms with van der Waals surface area (Å²) in [5, 5.41) is 1.82. The van der Waals surface area contributed by atoms with Crippen molar-refractivity contribution in [2.75, 3.05) is 0 Å². The van der Waals surface area contributed by atoms with Crippen LogP contribution in [0.2, 0.25) is 0 Å². The van der Waals surface area contributed by atoms with Crippen molar-refractivity contribution in [3.63, 3.8) is 0 Å². The Balaban J connectivity index is 3.13. The molecule has 5 heteroatoms. The number of carbonyl (C=O) groups excluding carboxylic acids is 1. The van der Waals surface area contributed by atoms with Crippen LogP contribution in [-0.4, -0.2) is 14.3 Å². The van der Waals surface area contributed by atoms with E-state index in [1.54, 1.807) is 24.1 Å². The minimum Gasteiger partial charge on any atom is -0.359 e. The van der Waals surface area contributed by atoms with Gasteiger partial charge >= 0.3 is 0 Å². The molecule has 1 amide bonds. The molecule has 0 aromatic heterocycles. The fourth-order valence-corrected chi connectivity index (χ4v) is 1.64. The molecule has 0 aliphatic carbocycles. The van der Waals surface area contributed by atoms with Gasteiger partial charge in [0.25, 0.3) is 5.91 Å². The van der Waals surface area contributed by atoms with E-state index in [-0.39, 0.29) is 4.90 Å². The van der Waals surface area contributed by atoms with Crippen LogP contribution < -0.4 is 5.73 Å². The van der Waals surface area contributed by atoms with Gasteiger partial charge in [0.1, 0.15) is 0 Å². The number of nitrogens with two attached hydrogens (primary N) is 1. The minimum atomic E-state index is -3.72. The van der Waals surface area contributed by atoms with Crippen molar-refractivity contribution in [2.45, 2.75) is 4.90 Å². The second-order valence-electron chi connectivity index (χ2n) is 2.41. The highest BCUT2D eigenvalue weighted by atomic mass is 32.2. The number of rotatable bonds is 1. The van der Waals surface area contributed by atoms with Crippen molar-refractivity contribution in [3.05, 3.63) is 30.3 Å². The smallest absolute Gasteiger partial charge is 0.294 e. The summed E-state index contributed by atoms with van der Waals surface area (Å²) < 4.78 is 22.7. The Morgan fingerprint density at radius 1 is 1.21 bits per heavy atom. The van der Waals surface area contributed by atoms with Crippen molar-refractivity contribution in [1.29, 1.82) is 0 Å². The Labute approximate surface area is 81.7 Å². The maximum absolute atomic E-state index is 11.4. The zero-order chi connectivity index (χ0) is 10.6. The maximum atomic E-state index is 11.4. The highest BCUT2D eigenvalue weighted by Gasteiger charge is 2.09. The number of hydrogen-bond acceptors (Lipinski definition) is 3. The van der Waals surface area contributed by atoms with Crippen LogP contribution >= 0.6 is 0 Å². The van der Waals surface area contributed by atoms with Crippen LogP contribution in [0.4, 0.5) is 0 Å². The van der Waals surface area contributed by atoms with Gasteiger partial charge in [0, 0.05) is 11.2 Å². The van der Waals surface area contributed by atoms with E-state index in [1.165, 1.54) is 12.1 Å². The first kappa shape index (κ1) is 10.3. The summed E-state index contributed by atoms with van der Waals surface area (Å²) in [6.45, 7) is 0. The summed E-state index contributed by atoms with van der Waals surface area (Å²) in [6.07, 6.45) is 0. The molecule has 0 fully saturated rings. The third kappa shape index (κ3) is 2.61. The molecule has 0 heterocycles. The van der Waals surface area contributed by atoms with Gasteiger partial charge in [-0.25, -0.2) is 8.42 Å². The van der Waals surface area contributed by atoms with Gasteiger partial charge in [-0.05, 0) is 12.1 Å². The Bertz CT molecular complexity index is 494. The molecular formula is C9H7NO3S. The number of carbonyl (C=O) groups is 1. The zero-order valence-corrected chi connectivity index (χ0v) is 7.91. The SMILES string of the molecule is NC(=O)C#CS(=O)(=O)c1ccccc1. The molecule has 1 rings (SSSR count). The third-order valence-corrected chi connectivity index (χ3v) is 2.63. The second-order valence-corrected chi connectivity index (χ2v) is 4.09. The van der Waals surface area contributed by atoms with Gasteiger partial charge in [0.2, 0.25) is 9.84 Å². The molecule has 0 unspecified atom stereocenters. The average molecular weight is 209 g/mol. The van der Waals surface area contributed by atoms with E-state index < -0.39 is 15.7 Å². The molecule has 14 heavy (non-hydrogen) atoms. The second kappa shape index (κ2) is 3.94. The lowest BCUT2D eigenvalue weighted by molar-refractivity contribution is -0.112. The first-order chi connectivity index (χ1) is 6.52. The van der Waals surface area contributed by atoms with Crippen molar-refractivity contribution in [1.82, 2.24) is 0 Å². The molecule has 72 valence electrons. The fourth-order valence-electron chi connectivity index (χ4n) is 0.776. The Morgan fingerprint density at radius 3 is 2.29 bits per heavy atom. The third-order valence-electron chi connectivity index (χ3n) is 1.36. The van der Waals surface area contributed by atoms with E-state index in [4.69, 9.17) is 5.73 Å². The molecule has 0 aliphatic heterocycles. The topological polar surface area (TPSA) is 77.2 Å². The van der Waals surface area contributed by atoms with E-state index >= 15 is 0 Å². The number of primary amides is 1. The van der Waals surface area contributed by atoms with Gasteiger partial charge in [0.05, 0.1) is 4.90 Å². The molecule has 0 spiro atoms. The van der Waals surface area contributed by atoms with Crippen molar-refractivity contribution in [3.8, 4) is 11.2 Å². The van der Waals surface area contributed by atoms with E-state index in [0.29, 0.717) is 0 Å². The van der Waals surface area contributed by atoms with Crippen LogP contribution in [0.15, 0.2) is 35.2 Å². The summed E-state index contributed by atoms with van der Waals surface area (Å²) >= 11 is 0. The highest BCUT2D eigenvalue weighted by molar-refractivity contribution is 7.96. The molecule has 1 aromatic rings. The minimum absolute atomic E-state index is 0.0498. The monoisotopic (exact) mass is 209 g/mol. The van der Waals surface area contributed by atoms with Gasteiger partial charge in [-0.15, -0.1) is 0 Å². The maximum Gasteiger partial charge on any atom is 0.294 e. The summed E-state index contributed by atoms with van der Waals surface area (Å²) in [6, 6.07) is 7.61. The Hall–Kier alpha value is -1.80. The standard InChI is InChI=1S/C9H7NO3S/c10-9(11)6-7-14(12,13)8-4-2-1-3-5-8/h1-5H,(H2,10,11). The Morgan fingerprint density at radius 2 is 1.79 bits per heavy atom. The molecule has 0 saturated carbocycles. The lowest BCUT2D eigenvalue weighted by atomic mass is 10.4. The lowest BCUT2D eigenvalue weighted by Gasteiger charge is -1.93. The zero-order valence-electron chi connectivity index (χ0n) is 7.10. The lowest BCUT2D eigenvalue weighted by Crippen LogP contribution is -2.07. The molecule has 0 saturated heterocycles. The van der Waals surface area contributed by atoms with Gasteiger partial charge in [-0.3, -0.25) is 4.79 Å². The summed E-state index contributed by atoms with van der Waals surface area (Å²) in [5.41, 5.74) is 4.70. The quantitative estimate of drug-likeness (QED) is 0.518. The number of sulfone groups is 1. The van der Waals surface area contributed by atoms with E-state index in [9.17, 15) is 13.2 Å². The highest BCUT2D eigenvalue weighted by Crippen LogP contribution is 2.07. The first-order valence-corrected chi connectivity index (χ1v) is 5.13. The van der Waals surface area contributed by atoms with Gasteiger partial charge < -0.3 is 5.73 Å². The predicted octanol–water partition coefficient (Wildman–Crippen LogP) is -0.0935. The summed E-state index contributed by atoms with van der Waals surface area (Å²) in [5.74, 6) is 0.817. The van der Waals surface area contributed by atoms with Crippen molar-refractivity contribution < 1.29 is 13.2 Å². The number of hydrogen-bond donors (Lipinski definition) is 1. The molecule has 4 nitrogen and oxygen atoms in total. The number of amides is 1. The summed E-state index contributed by atoms with van der Waals surface area (Å²) in [4.78, 5) is 10.3. The van der Waals surface area contributed by atoms with Crippen molar-refractivity contribution >= 4 is 15.7 Å². The molecular weight excluding hydrogens is 202 g/mol. The van der Waals surface area contributed by atoms with Crippen LogP contribution in [-0.2, 0) is 14.6 Å². The van der Waals surface area contributed by atoms with E-state index in [1.807, 2.05) is 5.25 Å². The van der Waals surface area contributed by atoms with Crippen LogP contribution in [0.1, 0.15) is 0 Å². The molecule has 0 aliphatic rings. The molecule has 2 N–H and O–H groups in total. The fraction of sp³-hybridized carbons (Fsp3) is 0. The van der Waals surface area contributed by atoms with E-state index in [2.05, 4.69) is 0 Å². The van der Waals surface area contributed by atoms with Gasteiger partial charge in [-0.2, -0.15) is 0 Å². The predicted molar refractivity (Wildman–Crippen MR) is 50.6 cm³/mol. The molecule has 0 bridgehead atoms. The van der Waals surface area contributed by atoms with E-state index in [0.717, 1.165) is 0 Å². The molecule has 0 atom stereocenters. The van der Waals surface area contributed by atoms with Gasteiger partial charge in [0.15, 0.2) is 0 Å². The molecule has 1 aromatic carbocycles. The van der Waals surface area contributed by atoms with Crippen LogP contribution in [0.3, 0.4) is 0 Å². The Kier molecular flexibility index (Phi) is 2.89. The largest absolute Gasteiger partial charge is 0.359 e. The first-order valence-electron chi connectivity index (χ1n) is 3.65. The van der Waals surface area contributed by atoms with Gasteiger partial charge in [-0.1, -0.05) is 18.2 Å².